The Labute approximate surface area is 107 Å². The van der Waals surface area contributed by atoms with Crippen LogP contribution in [0.5, 0.6) is 0 Å². The van der Waals surface area contributed by atoms with Crippen LogP contribution in [0.2, 0.25) is 0 Å². The van der Waals surface area contributed by atoms with Gasteiger partial charge in [-0.2, -0.15) is 11.8 Å². The first kappa shape index (κ1) is 12.6. The van der Waals surface area contributed by atoms with E-state index in [4.69, 9.17) is 5.84 Å². The Morgan fingerprint density at radius 3 is 2.88 bits per heavy atom. The molecule has 0 bridgehead atoms. The molecule has 0 amide bonds. The summed E-state index contributed by atoms with van der Waals surface area (Å²) >= 11 is 1.89. The van der Waals surface area contributed by atoms with E-state index in [1.54, 1.807) is 0 Å². The van der Waals surface area contributed by atoms with E-state index in [2.05, 4.69) is 29.2 Å². The predicted molar refractivity (Wildman–Crippen MR) is 72.9 cm³/mol. The van der Waals surface area contributed by atoms with Gasteiger partial charge in [-0.3, -0.25) is 0 Å². The number of hydrogen-bond acceptors (Lipinski definition) is 5. The summed E-state index contributed by atoms with van der Waals surface area (Å²) in [5.74, 6) is 9.98. The highest BCUT2D eigenvalue weighted by Crippen LogP contribution is 2.26. The van der Waals surface area contributed by atoms with Gasteiger partial charge in [-0.25, -0.2) is 15.8 Å². The molecule has 17 heavy (non-hydrogen) atoms. The van der Waals surface area contributed by atoms with E-state index in [0.29, 0.717) is 5.92 Å². The van der Waals surface area contributed by atoms with Crippen LogP contribution in [0, 0.1) is 5.92 Å². The van der Waals surface area contributed by atoms with Crippen molar-refractivity contribution < 1.29 is 0 Å². The van der Waals surface area contributed by atoms with Crippen LogP contribution >= 0.6 is 11.8 Å². The highest BCUT2D eigenvalue weighted by atomic mass is 32.2. The molecule has 1 heterocycles. The molecule has 0 fully saturated rings. The van der Waals surface area contributed by atoms with E-state index in [1.165, 1.54) is 17.7 Å². The van der Waals surface area contributed by atoms with E-state index in [1.807, 2.05) is 11.8 Å². The Bertz CT molecular complexity index is 392. The summed E-state index contributed by atoms with van der Waals surface area (Å²) in [6.45, 7) is 4.45. The number of anilines is 1. The predicted octanol–water partition coefficient (Wildman–Crippen LogP) is 2.14. The van der Waals surface area contributed by atoms with Crippen LogP contribution < -0.4 is 11.3 Å². The number of fused-ring (bicyclic) bond motifs is 1. The van der Waals surface area contributed by atoms with Crippen molar-refractivity contribution in [3.05, 3.63) is 17.1 Å². The van der Waals surface area contributed by atoms with Crippen LogP contribution in [-0.2, 0) is 18.6 Å². The Balaban J connectivity index is 2.08. The molecule has 1 aliphatic rings. The van der Waals surface area contributed by atoms with Crippen molar-refractivity contribution in [1.29, 1.82) is 0 Å². The average Bonchev–Trinajstić information content (AvgIpc) is 2.75. The van der Waals surface area contributed by atoms with Gasteiger partial charge in [0.2, 0.25) is 0 Å². The topological polar surface area (TPSA) is 63.8 Å². The molecular weight excluding hydrogens is 232 g/mol. The third-order valence-corrected chi connectivity index (χ3v) is 4.16. The fourth-order valence-corrected chi connectivity index (χ4v) is 2.95. The number of thioether (sulfide) groups is 1. The summed E-state index contributed by atoms with van der Waals surface area (Å²) in [5, 5.41) is 0. The Morgan fingerprint density at radius 1 is 1.35 bits per heavy atom. The zero-order valence-corrected chi connectivity index (χ0v) is 11.3. The summed E-state index contributed by atoms with van der Waals surface area (Å²) in [6.07, 6.45) is 3.28. The maximum absolute atomic E-state index is 5.52. The minimum absolute atomic E-state index is 0.710. The molecule has 1 aromatic heterocycles. The zero-order chi connectivity index (χ0) is 12.3. The van der Waals surface area contributed by atoms with Crippen molar-refractivity contribution in [3.8, 4) is 0 Å². The number of hydrazine groups is 1. The molecule has 0 spiro atoms. The molecule has 0 atom stereocenters. The average molecular weight is 252 g/mol. The Hall–Kier alpha value is -0.810. The lowest BCUT2D eigenvalue weighted by atomic mass is 10.2. The number of hydrogen-bond donors (Lipinski definition) is 2. The van der Waals surface area contributed by atoms with Gasteiger partial charge >= 0.3 is 0 Å². The van der Waals surface area contributed by atoms with E-state index in [-0.39, 0.29) is 0 Å². The quantitative estimate of drug-likeness (QED) is 0.621. The third kappa shape index (κ3) is 3.10. The van der Waals surface area contributed by atoms with Crippen molar-refractivity contribution in [2.45, 2.75) is 38.9 Å². The molecule has 0 saturated carbocycles. The second kappa shape index (κ2) is 5.69. The van der Waals surface area contributed by atoms with Gasteiger partial charge in [0.25, 0.3) is 0 Å². The van der Waals surface area contributed by atoms with Gasteiger partial charge in [-0.05, 0) is 30.9 Å². The number of nitrogens with two attached hydrogens (primary N) is 1. The van der Waals surface area contributed by atoms with E-state index >= 15 is 0 Å². The fourth-order valence-electron chi connectivity index (χ4n) is 2.05. The van der Waals surface area contributed by atoms with Crippen molar-refractivity contribution in [2.75, 3.05) is 11.2 Å². The van der Waals surface area contributed by atoms with Gasteiger partial charge in [-0.1, -0.05) is 13.8 Å². The number of rotatable bonds is 5. The van der Waals surface area contributed by atoms with Crippen molar-refractivity contribution in [2.24, 2.45) is 11.8 Å². The van der Waals surface area contributed by atoms with Crippen molar-refractivity contribution in [3.63, 3.8) is 0 Å². The van der Waals surface area contributed by atoms with Gasteiger partial charge in [0.15, 0.2) is 0 Å². The van der Waals surface area contributed by atoms with E-state index < -0.39 is 0 Å². The van der Waals surface area contributed by atoms with Gasteiger partial charge in [0.1, 0.15) is 11.6 Å². The minimum Gasteiger partial charge on any atom is -0.308 e. The maximum atomic E-state index is 5.52. The molecule has 5 heteroatoms. The van der Waals surface area contributed by atoms with Crippen molar-refractivity contribution in [1.82, 2.24) is 9.97 Å². The van der Waals surface area contributed by atoms with Gasteiger partial charge < -0.3 is 5.43 Å². The summed E-state index contributed by atoms with van der Waals surface area (Å²) < 4.78 is 0. The number of nitrogen functional groups attached to an aromatic ring is 1. The fraction of sp³-hybridized carbons (Fsp3) is 0.667. The van der Waals surface area contributed by atoms with Crippen LogP contribution in [0.15, 0.2) is 0 Å². The van der Waals surface area contributed by atoms with Crippen LogP contribution in [-0.4, -0.2) is 15.7 Å². The Kier molecular flexibility index (Phi) is 4.23. The number of nitrogens with one attached hydrogen (secondary N) is 1. The second-order valence-corrected chi connectivity index (χ2v) is 5.85. The molecule has 94 valence electrons. The number of nitrogens with zero attached hydrogens (tertiary/aromatic N) is 2. The monoisotopic (exact) mass is 252 g/mol. The zero-order valence-electron chi connectivity index (χ0n) is 10.5. The van der Waals surface area contributed by atoms with Gasteiger partial charge in [-0.15, -0.1) is 0 Å². The highest BCUT2D eigenvalue weighted by Gasteiger charge is 2.18. The largest absolute Gasteiger partial charge is 0.308 e. The molecule has 0 aliphatic heterocycles. The highest BCUT2D eigenvalue weighted by molar-refractivity contribution is 7.98. The van der Waals surface area contributed by atoms with Gasteiger partial charge in [0.05, 0.1) is 5.75 Å². The van der Waals surface area contributed by atoms with E-state index in [9.17, 15) is 0 Å². The molecular formula is C12H20N4S. The summed E-state index contributed by atoms with van der Waals surface area (Å²) in [4.78, 5) is 9.12. The molecule has 0 aromatic carbocycles. The SMILES string of the molecule is CC(C)CSCc1nc2c(c(NN)n1)CCC2. The second-order valence-electron chi connectivity index (χ2n) is 4.82. The number of aryl methyl sites for hydroxylation is 1. The molecule has 2 rings (SSSR count). The first-order chi connectivity index (χ1) is 8.20. The smallest absolute Gasteiger partial charge is 0.147 e. The lowest BCUT2D eigenvalue weighted by Crippen LogP contribution is -2.13. The standard InChI is InChI=1S/C12H20N4S/c1-8(2)6-17-7-11-14-10-5-3-4-9(10)12(15-11)16-13/h8H,3-7,13H2,1-2H3,(H,14,15,16). The third-order valence-electron chi connectivity index (χ3n) is 2.80. The molecule has 3 N–H and O–H groups in total. The maximum Gasteiger partial charge on any atom is 0.147 e. The lowest BCUT2D eigenvalue weighted by molar-refractivity contribution is 0.749. The Morgan fingerprint density at radius 2 is 2.18 bits per heavy atom. The molecule has 1 aliphatic carbocycles. The van der Waals surface area contributed by atoms with Crippen molar-refractivity contribution >= 4 is 17.6 Å². The summed E-state index contributed by atoms with van der Waals surface area (Å²) in [5.41, 5.74) is 5.11. The lowest BCUT2D eigenvalue weighted by Gasteiger charge is -2.09. The first-order valence-electron chi connectivity index (χ1n) is 6.13. The molecule has 0 unspecified atom stereocenters. The van der Waals surface area contributed by atoms with Crippen LogP contribution in [0.25, 0.3) is 0 Å². The normalized spacial score (nSPS) is 14.1. The molecule has 4 nitrogen and oxygen atoms in total. The van der Waals surface area contributed by atoms with Gasteiger partial charge in [0, 0.05) is 11.3 Å². The first-order valence-corrected chi connectivity index (χ1v) is 7.29. The van der Waals surface area contributed by atoms with Crippen LogP contribution in [0.3, 0.4) is 0 Å². The van der Waals surface area contributed by atoms with E-state index in [0.717, 1.165) is 36.0 Å². The van der Waals surface area contributed by atoms with Crippen LogP contribution in [0.1, 0.15) is 37.4 Å². The molecule has 1 aromatic rings. The number of aromatic nitrogens is 2. The summed E-state index contributed by atoms with van der Waals surface area (Å²) in [7, 11) is 0. The van der Waals surface area contributed by atoms with Crippen LogP contribution in [0.4, 0.5) is 5.82 Å². The summed E-state index contributed by atoms with van der Waals surface area (Å²) in [6, 6.07) is 0. The molecule has 0 radical (unpaired) electrons. The molecule has 0 saturated heterocycles. The minimum atomic E-state index is 0.710.